The number of rotatable bonds is 36. The SMILES string of the molecule is CC(C)CCCC(C)CCCC(C)CCCC(C)CCC(CCC(C)CCCC(C)CCCC(C)CCCC(C)C)OC(=O)CCCC=CN(C)C. The minimum Gasteiger partial charge on any atom is -0.462 e. The molecule has 0 N–H and O–H groups in total. The summed E-state index contributed by atoms with van der Waals surface area (Å²) in [6.45, 7) is 24.1. The fourth-order valence-electron chi connectivity index (χ4n) is 7.97. The van der Waals surface area contributed by atoms with Crippen LogP contribution in [-0.4, -0.2) is 31.1 Å². The first kappa shape index (κ1) is 51.0. The standard InChI is InChI=1S/C49H97NO2/c1-40(2)22-16-24-42(5)26-18-28-44(7)30-20-32-46(9)35-37-48(52-49(51)34-14-13-15-39-50(11)12)38-36-47(10)33-21-31-45(8)29-19-27-43(6)25-17-23-41(3)4/h15,39-48H,13-14,16-38H2,1-12H3. The van der Waals surface area contributed by atoms with Gasteiger partial charge in [-0.25, -0.2) is 0 Å². The average molecular weight is 732 g/mol. The summed E-state index contributed by atoms with van der Waals surface area (Å²) in [5, 5.41) is 0. The lowest BCUT2D eigenvalue weighted by molar-refractivity contribution is -0.150. The van der Waals surface area contributed by atoms with E-state index in [1.165, 1.54) is 128 Å². The van der Waals surface area contributed by atoms with Gasteiger partial charge in [-0.15, -0.1) is 0 Å². The lowest BCUT2D eigenvalue weighted by Crippen LogP contribution is -2.20. The van der Waals surface area contributed by atoms with Crippen LogP contribution in [0.15, 0.2) is 12.3 Å². The lowest BCUT2D eigenvalue weighted by atomic mass is 9.89. The van der Waals surface area contributed by atoms with Crippen LogP contribution in [-0.2, 0) is 9.53 Å². The Bertz CT molecular complexity index is 770. The second-order valence-corrected chi connectivity index (χ2v) is 19.5. The highest BCUT2D eigenvalue weighted by Gasteiger charge is 2.18. The van der Waals surface area contributed by atoms with Crippen molar-refractivity contribution in [2.24, 2.45) is 47.3 Å². The molecule has 6 atom stereocenters. The number of nitrogens with zero attached hydrogens (tertiary/aromatic N) is 1. The maximum absolute atomic E-state index is 12.9. The molecule has 6 unspecified atom stereocenters. The molecule has 0 spiro atoms. The minimum atomic E-state index is 0.00897. The third-order valence-corrected chi connectivity index (χ3v) is 11.9. The van der Waals surface area contributed by atoms with Crippen molar-refractivity contribution in [3.8, 4) is 0 Å². The molecule has 3 nitrogen and oxygen atoms in total. The number of unbranched alkanes of at least 4 members (excludes halogenated alkanes) is 1. The first-order valence-corrected chi connectivity index (χ1v) is 23.2. The summed E-state index contributed by atoms with van der Waals surface area (Å²) in [6.07, 6.45) is 35.8. The van der Waals surface area contributed by atoms with Gasteiger partial charge in [-0.05, 0) is 92.1 Å². The third kappa shape index (κ3) is 34.8. The van der Waals surface area contributed by atoms with Gasteiger partial charge < -0.3 is 9.64 Å². The molecule has 0 radical (unpaired) electrons. The van der Waals surface area contributed by atoms with E-state index in [0.29, 0.717) is 18.3 Å². The topological polar surface area (TPSA) is 29.5 Å². The van der Waals surface area contributed by atoms with Crippen molar-refractivity contribution in [2.45, 2.75) is 236 Å². The van der Waals surface area contributed by atoms with Crippen LogP contribution < -0.4 is 0 Å². The van der Waals surface area contributed by atoms with Gasteiger partial charge in [-0.1, -0.05) is 191 Å². The molecule has 0 aromatic heterocycles. The second-order valence-electron chi connectivity index (χ2n) is 19.5. The number of esters is 1. The molecule has 0 amide bonds. The number of ether oxygens (including phenoxy) is 1. The van der Waals surface area contributed by atoms with E-state index in [2.05, 4.69) is 81.5 Å². The minimum absolute atomic E-state index is 0.00897. The molecule has 0 heterocycles. The fourth-order valence-corrected chi connectivity index (χ4v) is 7.97. The molecule has 52 heavy (non-hydrogen) atoms. The van der Waals surface area contributed by atoms with Gasteiger partial charge in [0.1, 0.15) is 6.10 Å². The Hall–Kier alpha value is -0.990. The zero-order chi connectivity index (χ0) is 39.1. The summed E-state index contributed by atoms with van der Waals surface area (Å²) in [5.41, 5.74) is 0. The number of hydrogen-bond acceptors (Lipinski definition) is 3. The van der Waals surface area contributed by atoms with Crippen LogP contribution in [0.3, 0.4) is 0 Å². The Balaban J connectivity index is 4.56. The van der Waals surface area contributed by atoms with Crippen LogP contribution in [0.25, 0.3) is 0 Å². The van der Waals surface area contributed by atoms with Gasteiger partial charge in [0.25, 0.3) is 0 Å². The Morgan fingerprint density at radius 3 is 1.06 bits per heavy atom. The van der Waals surface area contributed by atoms with Crippen molar-refractivity contribution in [1.82, 2.24) is 4.90 Å². The van der Waals surface area contributed by atoms with Gasteiger partial charge >= 0.3 is 5.97 Å². The molecule has 0 saturated heterocycles. The summed E-state index contributed by atoms with van der Waals surface area (Å²) in [5.74, 6) is 6.56. The molecule has 3 heteroatoms. The van der Waals surface area contributed by atoms with Gasteiger partial charge in [0.2, 0.25) is 0 Å². The van der Waals surface area contributed by atoms with Crippen molar-refractivity contribution in [1.29, 1.82) is 0 Å². The van der Waals surface area contributed by atoms with E-state index >= 15 is 0 Å². The highest BCUT2D eigenvalue weighted by Crippen LogP contribution is 2.27. The molecule has 0 aromatic carbocycles. The van der Waals surface area contributed by atoms with Gasteiger partial charge in [0, 0.05) is 20.5 Å². The Kier molecular flexibility index (Phi) is 32.7. The van der Waals surface area contributed by atoms with E-state index in [4.69, 9.17) is 4.74 Å². The molecule has 0 aliphatic heterocycles. The Labute approximate surface area is 329 Å². The molecule has 0 saturated carbocycles. The summed E-state index contributed by atoms with van der Waals surface area (Å²) in [7, 11) is 4.07. The van der Waals surface area contributed by atoms with E-state index in [-0.39, 0.29) is 12.1 Å². The summed E-state index contributed by atoms with van der Waals surface area (Å²) in [6, 6.07) is 0. The predicted octanol–water partition coefficient (Wildman–Crippen LogP) is 15.9. The van der Waals surface area contributed by atoms with Crippen LogP contribution in [0.1, 0.15) is 230 Å². The predicted molar refractivity (Wildman–Crippen MR) is 233 cm³/mol. The van der Waals surface area contributed by atoms with Crippen LogP contribution >= 0.6 is 0 Å². The van der Waals surface area contributed by atoms with Crippen molar-refractivity contribution < 1.29 is 9.53 Å². The largest absolute Gasteiger partial charge is 0.462 e. The third-order valence-electron chi connectivity index (χ3n) is 11.9. The van der Waals surface area contributed by atoms with Crippen LogP contribution in [0, 0.1) is 47.3 Å². The van der Waals surface area contributed by atoms with Crippen LogP contribution in [0.4, 0.5) is 0 Å². The summed E-state index contributed by atoms with van der Waals surface area (Å²) >= 11 is 0. The molecular formula is C49H97NO2. The summed E-state index contributed by atoms with van der Waals surface area (Å²) < 4.78 is 6.19. The quantitative estimate of drug-likeness (QED) is 0.0475. The number of allylic oxidation sites excluding steroid dienone is 1. The van der Waals surface area contributed by atoms with Crippen LogP contribution in [0.2, 0.25) is 0 Å². The molecule has 0 aliphatic rings. The Morgan fingerprint density at radius 1 is 0.442 bits per heavy atom. The molecule has 0 rings (SSSR count). The highest BCUT2D eigenvalue weighted by molar-refractivity contribution is 5.69. The Morgan fingerprint density at radius 2 is 0.750 bits per heavy atom. The smallest absolute Gasteiger partial charge is 0.306 e. The van der Waals surface area contributed by atoms with Crippen molar-refractivity contribution in [2.75, 3.05) is 14.1 Å². The number of carbonyl (C=O) groups is 1. The monoisotopic (exact) mass is 732 g/mol. The number of hydrogen-bond donors (Lipinski definition) is 0. The maximum Gasteiger partial charge on any atom is 0.306 e. The van der Waals surface area contributed by atoms with E-state index in [9.17, 15) is 4.79 Å². The average Bonchev–Trinajstić information content (AvgIpc) is 3.05. The van der Waals surface area contributed by atoms with Crippen LogP contribution in [0.5, 0.6) is 0 Å². The first-order valence-electron chi connectivity index (χ1n) is 23.2. The molecule has 0 aliphatic carbocycles. The van der Waals surface area contributed by atoms with Gasteiger partial charge in [0.05, 0.1) is 0 Å². The number of carbonyl (C=O) groups excluding carboxylic acids is 1. The van der Waals surface area contributed by atoms with Gasteiger partial charge in [0.15, 0.2) is 0 Å². The molecule has 0 bridgehead atoms. The normalized spacial score (nSPS) is 16.3. The van der Waals surface area contributed by atoms with E-state index in [0.717, 1.165) is 61.2 Å². The van der Waals surface area contributed by atoms with Crippen molar-refractivity contribution >= 4 is 5.97 Å². The lowest BCUT2D eigenvalue weighted by Gasteiger charge is -2.22. The zero-order valence-electron chi connectivity index (χ0n) is 37.8. The molecule has 310 valence electrons. The van der Waals surface area contributed by atoms with E-state index in [1.807, 2.05) is 19.0 Å². The fraction of sp³-hybridized carbons (Fsp3) is 0.939. The summed E-state index contributed by atoms with van der Waals surface area (Å²) in [4.78, 5) is 14.9. The zero-order valence-corrected chi connectivity index (χ0v) is 37.8. The second kappa shape index (κ2) is 33.4. The van der Waals surface area contributed by atoms with E-state index < -0.39 is 0 Å². The van der Waals surface area contributed by atoms with Crippen molar-refractivity contribution in [3.63, 3.8) is 0 Å². The van der Waals surface area contributed by atoms with Gasteiger partial charge in [-0.3, -0.25) is 4.79 Å². The molecule has 0 aromatic rings. The molecular weight excluding hydrogens is 635 g/mol. The van der Waals surface area contributed by atoms with Gasteiger partial charge in [-0.2, -0.15) is 0 Å². The highest BCUT2D eigenvalue weighted by atomic mass is 16.5. The first-order chi connectivity index (χ1) is 24.7. The van der Waals surface area contributed by atoms with E-state index in [1.54, 1.807) is 0 Å². The maximum atomic E-state index is 12.9. The molecule has 0 fully saturated rings. The van der Waals surface area contributed by atoms with Crippen molar-refractivity contribution in [3.05, 3.63) is 12.3 Å².